The second kappa shape index (κ2) is 5.54. The lowest BCUT2D eigenvalue weighted by Gasteiger charge is -2.15. The average Bonchev–Trinajstić information content (AvgIpc) is 2.71. The first-order chi connectivity index (χ1) is 9.40. The Morgan fingerprint density at radius 2 is 2.10 bits per heavy atom. The Morgan fingerprint density at radius 3 is 2.70 bits per heavy atom. The first-order valence-corrected chi connectivity index (χ1v) is 7.17. The van der Waals surface area contributed by atoms with Gasteiger partial charge in [-0.15, -0.1) is 11.3 Å². The molecule has 2 rings (SSSR count). The Morgan fingerprint density at radius 1 is 1.40 bits per heavy atom. The van der Waals surface area contributed by atoms with Crippen molar-refractivity contribution < 1.29 is 9.90 Å². The highest BCUT2D eigenvalue weighted by Crippen LogP contribution is 2.28. The molecule has 20 heavy (non-hydrogen) atoms. The van der Waals surface area contributed by atoms with E-state index < -0.39 is 0 Å². The smallest absolute Gasteiger partial charge is 0.255 e. The van der Waals surface area contributed by atoms with Crippen LogP contribution in [0, 0.1) is 13.8 Å². The fourth-order valence-corrected chi connectivity index (χ4v) is 3.20. The zero-order valence-corrected chi connectivity index (χ0v) is 12.5. The predicted octanol–water partition coefficient (Wildman–Crippen LogP) is 3.14. The number of anilines is 1. The number of carbonyl (C=O) groups excluding carboxylic acids is 1. The number of rotatable bonds is 3. The van der Waals surface area contributed by atoms with E-state index in [4.69, 9.17) is 5.73 Å². The van der Waals surface area contributed by atoms with Gasteiger partial charge in [-0.05, 0) is 44.5 Å². The van der Waals surface area contributed by atoms with E-state index in [1.165, 1.54) is 9.75 Å². The third-order valence-corrected chi connectivity index (χ3v) is 4.19. The van der Waals surface area contributed by atoms with Crippen LogP contribution in [0.4, 0.5) is 5.69 Å². The van der Waals surface area contributed by atoms with E-state index >= 15 is 0 Å². The Kier molecular flexibility index (Phi) is 3.99. The second-order valence-electron chi connectivity index (χ2n) is 4.81. The van der Waals surface area contributed by atoms with Gasteiger partial charge in [0.1, 0.15) is 0 Å². The van der Waals surface area contributed by atoms with E-state index in [1.807, 2.05) is 20.8 Å². The van der Waals surface area contributed by atoms with Gasteiger partial charge in [0.2, 0.25) is 0 Å². The molecular formula is C15H18N2O2S. The van der Waals surface area contributed by atoms with Crippen LogP contribution in [-0.2, 0) is 0 Å². The van der Waals surface area contributed by atoms with Crippen molar-refractivity contribution >= 4 is 22.9 Å². The SMILES string of the molecule is Cc1cc(C(C)NC(=O)c2cccc(N)c2O)c(C)s1. The van der Waals surface area contributed by atoms with Crippen LogP contribution in [0.25, 0.3) is 0 Å². The fourth-order valence-electron chi connectivity index (χ4n) is 2.18. The minimum atomic E-state index is -0.328. The highest BCUT2D eigenvalue weighted by atomic mass is 32.1. The molecule has 1 aromatic heterocycles. The van der Waals surface area contributed by atoms with Gasteiger partial charge < -0.3 is 16.2 Å². The van der Waals surface area contributed by atoms with Crippen LogP contribution >= 0.6 is 11.3 Å². The highest BCUT2D eigenvalue weighted by Gasteiger charge is 2.18. The standard InChI is InChI=1S/C15H18N2O2S/c1-8-7-12(10(3)20-8)9(2)17-15(19)11-5-4-6-13(16)14(11)18/h4-7,9,18H,16H2,1-3H3,(H,17,19). The predicted molar refractivity (Wildman–Crippen MR) is 82.2 cm³/mol. The molecule has 1 aromatic carbocycles. The molecule has 1 amide bonds. The summed E-state index contributed by atoms with van der Waals surface area (Å²) in [6.07, 6.45) is 0. The third kappa shape index (κ3) is 2.77. The van der Waals surface area contributed by atoms with Gasteiger partial charge in [0.05, 0.1) is 17.3 Å². The molecular weight excluding hydrogens is 272 g/mol. The molecule has 5 heteroatoms. The molecule has 4 N–H and O–H groups in total. The number of phenolic OH excluding ortho intramolecular Hbond substituents is 1. The van der Waals surface area contributed by atoms with Crippen molar-refractivity contribution in [3.05, 3.63) is 45.1 Å². The Hall–Kier alpha value is -2.01. The molecule has 1 atom stereocenters. The molecule has 2 aromatic rings. The van der Waals surface area contributed by atoms with Crippen LogP contribution in [0.5, 0.6) is 5.75 Å². The van der Waals surface area contributed by atoms with Crippen LogP contribution in [0.1, 0.15) is 38.6 Å². The van der Waals surface area contributed by atoms with E-state index in [1.54, 1.807) is 29.5 Å². The summed E-state index contributed by atoms with van der Waals surface area (Å²) in [6, 6.07) is 6.72. The molecule has 0 aliphatic heterocycles. The summed E-state index contributed by atoms with van der Waals surface area (Å²) in [4.78, 5) is 14.6. The largest absolute Gasteiger partial charge is 0.505 e. The van der Waals surface area contributed by atoms with E-state index in [0.29, 0.717) is 0 Å². The van der Waals surface area contributed by atoms with E-state index in [9.17, 15) is 9.90 Å². The summed E-state index contributed by atoms with van der Waals surface area (Å²) in [5.74, 6) is -0.499. The molecule has 0 aliphatic carbocycles. The molecule has 1 heterocycles. The lowest BCUT2D eigenvalue weighted by Crippen LogP contribution is -2.26. The topological polar surface area (TPSA) is 75.4 Å². The van der Waals surface area contributed by atoms with Crippen LogP contribution < -0.4 is 11.1 Å². The normalized spacial score (nSPS) is 12.2. The minimum absolute atomic E-state index is 0.117. The molecule has 1 unspecified atom stereocenters. The number of benzene rings is 1. The van der Waals surface area contributed by atoms with Gasteiger partial charge in [0.15, 0.2) is 5.75 Å². The number of nitrogens with two attached hydrogens (primary N) is 1. The number of aromatic hydroxyl groups is 1. The molecule has 106 valence electrons. The van der Waals surface area contributed by atoms with E-state index in [0.717, 1.165) is 5.56 Å². The number of carbonyl (C=O) groups is 1. The number of hydrogen-bond donors (Lipinski definition) is 3. The van der Waals surface area contributed by atoms with Crippen molar-refractivity contribution in [2.45, 2.75) is 26.8 Å². The van der Waals surface area contributed by atoms with Gasteiger partial charge in [0.25, 0.3) is 5.91 Å². The molecule has 0 saturated heterocycles. The van der Waals surface area contributed by atoms with Crippen molar-refractivity contribution in [2.75, 3.05) is 5.73 Å². The summed E-state index contributed by atoms with van der Waals surface area (Å²) in [5, 5.41) is 12.7. The quantitative estimate of drug-likeness (QED) is 0.600. The van der Waals surface area contributed by atoms with Crippen LogP contribution in [-0.4, -0.2) is 11.0 Å². The molecule has 0 bridgehead atoms. The van der Waals surface area contributed by atoms with Crippen LogP contribution in [0.2, 0.25) is 0 Å². The first kappa shape index (κ1) is 14.4. The van der Waals surface area contributed by atoms with Gasteiger partial charge in [0, 0.05) is 9.75 Å². The number of phenols is 1. The summed E-state index contributed by atoms with van der Waals surface area (Å²) >= 11 is 1.71. The van der Waals surface area contributed by atoms with Gasteiger partial charge in [-0.25, -0.2) is 0 Å². The number of para-hydroxylation sites is 1. The maximum atomic E-state index is 12.2. The molecule has 0 spiro atoms. The molecule has 0 fully saturated rings. The zero-order valence-electron chi connectivity index (χ0n) is 11.7. The fraction of sp³-hybridized carbons (Fsp3) is 0.267. The van der Waals surface area contributed by atoms with Crippen LogP contribution in [0.3, 0.4) is 0 Å². The maximum absolute atomic E-state index is 12.2. The zero-order chi connectivity index (χ0) is 14.9. The monoisotopic (exact) mass is 290 g/mol. The molecule has 0 saturated carbocycles. The van der Waals surface area contributed by atoms with Gasteiger partial charge in [-0.1, -0.05) is 6.07 Å². The van der Waals surface area contributed by atoms with Gasteiger partial charge >= 0.3 is 0 Å². The van der Waals surface area contributed by atoms with Crippen molar-refractivity contribution in [1.82, 2.24) is 5.32 Å². The highest BCUT2D eigenvalue weighted by molar-refractivity contribution is 7.12. The summed E-state index contributed by atoms with van der Waals surface area (Å²) in [6.45, 7) is 6.00. The molecule has 4 nitrogen and oxygen atoms in total. The summed E-state index contributed by atoms with van der Waals surface area (Å²) in [7, 11) is 0. The molecule has 0 aliphatic rings. The van der Waals surface area contributed by atoms with Gasteiger partial charge in [-0.2, -0.15) is 0 Å². The summed E-state index contributed by atoms with van der Waals surface area (Å²) < 4.78 is 0. The number of hydrogen-bond acceptors (Lipinski definition) is 4. The van der Waals surface area contributed by atoms with E-state index in [-0.39, 0.29) is 28.9 Å². The lowest BCUT2D eigenvalue weighted by atomic mass is 10.1. The Labute approximate surface area is 122 Å². The Bertz CT molecular complexity index is 649. The second-order valence-corrected chi connectivity index (χ2v) is 6.27. The number of amides is 1. The number of nitrogens with one attached hydrogen (secondary N) is 1. The van der Waals surface area contributed by atoms with Gasteiger partial charge in [-0.3, -0.25) is 4.79 Å². The minimum Gasteiger partial charge on any atom is -0.505 e. The van der Waals surface area contributed by atoms with Crippen molar-refractivity contribution in [2.24, 2.45) is 0 Å². The van der Waals surface area contributed by atoms with E-state index in [2.05, 4.69) is 11.4 Å². The first-order valence-electron chi connectivity index (χ1n) is 6.35. The van der Waals surface area contributed by atoms with Crippen molar-refractivity contribution in [1.29, 1.82) is 0 Å². The average molecular weight is 290 g/mol. The molecule has 0 radical (unpaired) electrons. The Balaban J connectivity index is 2.19. The maximum Gasteiger partial charge on any atom is 0.255 e. The summed E-state index contributed by atoms with van der Waals surface area (Å²) in [5.41, 5.74) is 7.10. The number of thiophene rings is 1. The lowest BCUT2D eigenvalue weighted by molar-refractivity contribution is 0.0937. The number of nitrogen functional groups attached to an aromatic ring is 1. The number of aryl methyl sites for hydroxylation is 2. The van der Waals surface area contributed by atoms with Crippen molar-refractivity contribution in [3.8, 4) is 5.75 Å². The van der Waals surface area contributed by atoms with Crippen molar-refractivity contribution in [3.63, 3.8) is 0 Å². The third-order valence-electron chi connectivity index (χ3n) is 3.21. The van der Waals surface area contributed by atoms with Crippen LogP contribution in [0.15, 0.2) is 24.3 Å².